The highest BCUT2D eigenvalue weighted by atomic mass is 79.9. The van der Waals surface area contributed by atoms with E-state index in [4.69, 9.17) is 5.73 Å². The average molecular weight is 390 g/mol. The van der Waals surface area contributed by atoms with Crippen LogP contribution in [0.1, 0.15) is 36.5 Å². The van der Waals surface area contributed by atoms with Crippen LogP contribution in [0.5, 0.6) is 0 Å². The second-order valence-corrected chi connectivity index (χ2v) is 6.78. The molecule has 0 bridgehead atoms. The lowest BCUT2D eigenvalue weighted by molar-refractivity contribution is 0.0493. The molecule has 1 amide bonds. The van der Waals surface area contributed by atoms with Gasteiger partial charge in [-0.05, 0) is 60.3 Å². The third-order valence-corrected chi connectivity index (χ3v) is 4.88. The molecule has 2 N–H and O–H groups in total. The highest BCUT2D eigenvalue weighted by Crippen LogP contribution is 2.28. The number of rotatable bonds is 2. The fourth-order valence-corrected chi connectivity index (χ4v) is 3.46. The Kier molecular flexibility index (Phi) is 5.03. The van der Waals surface area contributed by atoms with Crippen molar-refractivity contribution in [2.45, 2.75) is 38.3 Å². The number of carbonyl (C=O) groups excluding carboxylic acids is 1. The number of carbonyl (C=O) groups is 1. The van der Waals surface area contributed by atoms with Gasteiger partial charge in [0.05, 0.1) is 5.56 Å². The second-order valence-electron chi connectivity index (χ2n) is 5.01. The summed E-state index contributed by atoms with van der Waals surface area (Å²) in [5.74, 6) is 0.0656. The summed E-state index contributed by atoms with van der Waals surface area (Å²) in [5, 5.41) is 0. The van der Waals surface area contributed by atoms with Gasteiger partial charge >= 0.3 is 0 Å². The number of hydrogen-bond acceptors (Lipinski definition) is 2. The SMILES string of the molecule is CC1CCCC(CN)N1C(=O)c1cc(Br)ccc1Br. The average Bonchev–Trinajstić information content (AvgIpc) is 2.40. The molecule has 104 valence electrons. The van der Waals surface area contributed by atoms with Crippen molar-refractivity contribution >= 4 is 37.8 Å². The van der Waals surface area contributed by atoms with Gasteiger partial charge in [-0.15, -0.1) is 0 Å². The molecule has 0 saturated carbocycles. The zero-order valence-corrected chi connectivity index (χ0v) is 14.1. The zero-order valence-electron chi connectivity index (χ0n) is 10.9. The topological polar surface area (TPSA) is 46.3 Å². The van der Waals surface area contributed by atoms with Crippen molar-refractivity contribution in [3.63, 3.8) is 0 Å². The van der Waals surface area contributed by atoms with Crippen LogP contribution in [0.3, 0.4) is 0 Å². The van der Waals surface area contributed by atoms with Gasteiger partial charge in [-0.1, -0.05) is 15.9 Å². The predicted molar refractivity (Wildman–Crippen MR) is 84.2 cm³/mol. The Morgan fingerprint density at radius 1 is 1.42 bits per heavy atom. The monoisotopic (exact) mass is 388 g/mol. The molecule has 1 aromatic rings. The first-order valence-electron chi connectivity index (χ1n) is 6.52. The largest absolute Gasteiger partial charge is 0.332 e. The van der Waals surface area contributed by atoms with Crippen molar-refractivity contribution in [1.29, 1.82) is 0 Å². The molecule has 2 rings (SSSR count). The number of nitrogens with two attached hydrogens (primary N) is 1. The van der Waals surface area contributed by atoms with Crippen LogP contribution in [0, 0.1) is 0 Å². The first kappa shape index (κ1) is 15.0. The predicted octanol–water partition coefficient (Wildman–Crippen LogP) is 3.55. The lowest BCUT2D eigenvalue weighted by Gasteiger charge is -2.40. The van der Waals surface area contributed by atoms with Crippen molar-refractivity contribution in [3.8, 4) is 0 Å². The van der Waals surface area contributed by atoms with Crippen LogP contribution >= 0.6 is 31.9 Å². The van der Waals surface area contributed by atoms with Crippen molar-refractivity contribution in [2.24, 2.45) is 5.73 Å². The Labute approximate surface area is 130 Å². The number of likely N-dealkylation sites (tertiary alicyclic amines) is 1. The molecule has 0 radical (unpaired) electrons. The summed E-state index contributed by atoms with van der Waals surface area (Å²) >= 11 is 6.88. The highest BCUT2D eigenvalue weighted by Gasteiger charge is 2.32. The van der Waals surface area contributed by atoms with Gasteiger partial charge in [0.1, 0.15) is 0 Å². The number of nitrogens with zero attached hydrogens (tertiary/aromatic N) is 1. The van der Waals surface area contributed by atoms with Crippen molar-refractivity contribution in [3.05, 3.63) is 32.7 Å². The van der Waals surface area contributed by atoms with Gasteiger partial charge in [0.15, 0.2) is 0 Å². The minimum atomic E-state index is 0.0656. The van der Waals surface area contributed by atoms with Crippen LogP contribution in [0.4, 0.5) is 0 Å². The van der Waals surface area contributed by atoms with Gasteiger partial charge < -0.3 is 10.6 Å². The van der Waals surface area contributed by atoms with Gasteiger partial charge in [0.2, 0.25) is 0 Å². The lowest BCUT2D eigenvalue weighted by atomic mass is 9.95. The standard InChI is InChI=1S/C14H18Br2N2O/c1-9-3-2-4-11(8-17)18(9)14(19)12-7-10(15)5-6-13(12)16/h5-7,9,11H,2-4,8,17H2,1H3. The normalized spacial score (nSPS) is 23.5. The lowest BCUT2D eigenvalue weighted by Crippen LogP contribution is -2.51. The summed E-state index contributed by atoms with van der Waals surface area (Å²) in [6.07, 6.45) is 3.19. The molecule has 2 unspecified atom stereocenters. The van der Waals surface area contributed by atoms with E-state index in [1.54, 1.807) is 0 Å². The molecular formula is C14H18Br2N2O. The highest BCUT2D eigenvalue weighted by molar-refractivity contribution is 9.11. The van der Waals surface area contributed by atoms with Gasteiger partial charge in [-0.25, -0.2) is 0 Å². The van der Waals surface area contributed by atoms with E-state index in [0.717, 1.165) is 28.2 Å². The Morgan fingerprint density at radius 2 is 2.16 bits per heavy atom. The maximum Gasteiger partial charge on any atom is 0.255 e. The maximum absolute atomic E-state index is 12.8. The first-order valence-corrected chi connectivity index (χ1v) is 8.11. The van der Waals surface area contributed by atoms with E-state index in [1.807, 2.05) is 23.1 Å². The van der Waals surface area contributed by atoms with E-state index < -0.39 is 0 Å². The van der Waals surface area contributed by atoms with E-state index in [-0.39, 0.29) is 18.0 Å². The molecule has 1 aromatic carbocycles. The van der Waals surface area contributed by atoms with Gasteiger partial charge in [-0.2, -0.15) is 0 Å². The summed E-state index contributed by atoms with van der Waals surface area (Å²) in [5.41, 5.74) is 6.52. The van der Waals surface area contributed by atoms with Gasteiger partial charge in [-0.3, -0.25) is 4.79 Å². The molecule has 2 atom stereocenters. The summed E-state index contributed by atoms with van der Waals surface area (Å²) in [7, 11) is 0. The van der Waals surface area contributed by atoms with Gasteiger partial charge in [0.25, 0.3) is 5.91 Å². The zero-order chi connectivity index (χ0) is 14.0. The fraction of sp³-hybridized carbons (Fsp3) is 0.500. The minimum absolute atomic E-state index is 0.0656. The molecule has 1 fully saturated rings. The van der Waals surface area contributed by atoms with Crippen LogP contribution in [-0.4, -0.2) is 29.4 Å². The van der Waals surface area contributed by atoms with Crippen LogP contribution in [0.25, 0.3) is 0 Å². The molecule has 5 heteroatoms. The number of hydrogen-bond donors (Lipinski definition) is 1. The van der Waals surface area contributed by atoms with Gasteiger partial charge in [0, 0.05) is 27.6 Å². The number of amides is 1. The molecule has 1 heterocycles. The Balaban J connectivity index is 2.33. The van der Waals surface area contributed by atoms with Crippen molar-refractivity contribution in [1.82, 2.24) is 4.90 Å². The maximum atomic E-state index is 12.8. The molecular weight excluding hydrogens is 372 g/mol. The van der Waals surface area contributed by atoms with Crippen LogP contribution < -0.4 is 5.73 Å². The fourth-order valence-electron chi connectivity index (χ4n) is 2.68. The Hall–Kier alpha value is -0.390. The number of piperidine rings is 1. The van der Waals surface area contributed by atoms with Crippen molar-refractivity contribution in [2.75, 3.05) is 6.54 Å². The van der Waals surface area contributed by atoms with E-state index in [9.17, 15) is 4.79 Å². The Bertz CT molecular complexity index is 479. The molecule has 0 aromatic heterocycles. The first-order chi connectivity index (χ1) is 9.04. The number of benzene rings is 1. The molecule has 0 spiro atoms. The van der Waals surface area contributed by atoms with E-state index >= 15 is 0 Å². The third kappa shape index (κ3) is 3.20. The van der Waals surface area contributed by atoms with E-state index in [0.29, 0.717) is 12.1 Å². The Morgan fingerprint density at radius 3 is 2.84 bits per heavy atom. The smallest absolute Gasteiger partial charge is 0.255 e. The van der Waals surface area contributed by atoms with Crippen LogP contribution in [0.15, 0.2) is 27.1 Å². The van der Waals surface area contributed by atoms with Crippen LogP contribution in [-0.2, 0) is 0 Å². The van der Waals surface area contributed by atoms with Crippen molar-refractivity contribution < 1.29 is 4.79 Å². The summed E-state index contributed by atoms with van der Waals surface area (Å²) in [6.45, 7) is 2.63. The van der Waals surface area contributed by atoms with E-state index in [2.05, 4.69) is 38.8 Å². The third-order valence-electron chi connectivity index (χ3n) is 3.69. The molecule has 1 aliphatic heterocycles. The molecule has 0 aliphatic carbocycles. The molecule has 19 heavy (non-hydrogen) atoms. The summed E-state index contributed by atoms with van der Waals surface area (Å²) in [4.78, 5) is 14.7. The second kappa shape index (κ2) is 6.37. The molecule has 1 saturated heterocycles. The van der Waals surface area contributed by atoms with E-state index in [1.165, 1.54) is 0 Å². The molecule has 1 aliphatic rings. The summed E-state index contributed by atoms with van der Waals surface area (Å²) < 4.78 is 1.74. The number of halogens is 2. The summed E-state index contributed by atoms with van der Waals surface area (Å²) in [6, 6.07) is 6.08. The quantitative estimate of drug-likeness (QED) is 0.840. The van der Waals surface area contributed by atoms with Crippen LogP contribution in [0.2, 0.25) is 0 Å². The minimum Gasteiger partial charge on any atom is -0.332 e. The molecule has 3 nitrogen and oxygen atoms in total.